The van der Waals surface area contributed by atoms with Crippen LogP contribution in [0.5, 0.6) is 0 Å². The third-order valence-corrected chi connectivity index (χ3v) is 4.10. The van der Waals surface area contributed by atoms with Gasteiger partial charge in [-0.05, 0) is 32.9 Å². The van der Waals surface area contributed by atoms with Crippen LogP contribution in [0.2, 0.25) is 5.02 Å². The third kappa shape index (κ3) is 3.89. The van der Waals surface area contributed by atoms with E-state index in [1.807, 2.05) is 0 Å². The van der Waals surface area contributed by atoms with Crippen molar-refractivity contribution in [3.8, 4) is 0 Å². The van der Waals surface area contributed by atoms with Gasteiger partial charge in [-0.3, -0.25) is 0 Å². The molecule has 0 aliphatic rings. The number of halogens is 2. The topological polar surface area (TPSA) is 83.5 Å². The molecule has 0 unspecified atom stereocenters. The van der Waals surface area contributed by atoms with Gasteiger partial charge in [-0.15, -0.1) is 0 Å². The summed E-state index contributed by atoms with van der Waals surface area (Å²) in [5.41, 5.74) is -1.38. The summed E-state index contributed by atoms with van der Waals surface area (Å²) in [6, 6.07) is 1.50. The van der Waals surface area contributed by atoms with Crippen LogP contribution in [-0.2, 0) is 10.0 Å². The van der Waals surface area contributed by atoms with Crippen molar-refractivity contribution in [3.05, 3.63) is 28.5 Å². The van der Waals surface area contributed by atoms with E-state index in [1.54, 1.807) is 20.8 Å². The molecule has 2 N–H and O–H groups in total. The summed E-state index contributed by atoms with van der Waals surface area (Å²) in [5, 5.41) is 8.22. The van der Waals surface area contributed by atoms with Gasteiger partial charge in [0.2, 0.25) is 10.0 Å². The minimum absolute atomic E-state index is 0.485. The fraction of sp³-hybridized carbons (Fsp3) is 0.364. The molecule has 0 fully saturated rings. The third-order valence-electron chi connectivity index (χ3n) is 1.98. The van der Waals surface area contributed by atoms with E-state index in [2.05, 4.69) is 4.72 Å². The van der Waals surface area contributed by atoms with E-state index in [4.69, 9.17) is 16.7 Å². The number of sulfonamides is 1. The molecule has 5 nitrogen and oxygen atoms in total. The first-order chi connectivity index (χ1) is 8.44. The molecular weight excluding hydrogens is 297 g/mol. The Morgan fingerprint density at radius 1 is 1.37 bits per heavy atom. The second-order valence-corrected chi connectivity index (χ2v) is 6.99. The van der Waals surface area contributed by atoms with Gasteiger partial charge in [0.1, 0.15) is 5.82 Å². The predicted molar refractivity (Wildman–Crippen MR) is 68.4 cm³/mol. The number of nitrogens with one attached hydrogen (secondary N) is 1. The maximum absolute atomic E-state index is 13.5. The van der Waals surface area contributed by atoms with Gasteiger partial charge >= 0.3 is 5.97 Å². The first-order valence-corrected chi connectivity index (χ1v) is 7.06. The molecule has 0 aromatic heterocycles. The molecule has 0 radical (unpaired) electrons. The number of aromatic carboxylic acids is 1. The second kappa shape index (κ2) is 5.07. The van der Waals surface area contributed by atoms with Crippen LogP contribution in [0, 0.1) is 5.82 Å². The Morgan fingerprint density at radius 2 is 1.89 bits per heavy atom. The van der Waals surface area contributed by atoms with Gasteiger partial charge in [-0.2, -0.15) is 0 Å². The Bertz CT molecular complexity index is 622. The molecule has 0 aliphatic carbocycles. The summed E-state index contributed by atoms with van der Waals surface area (Å²) in [7, 11) is -4.03. The van der Waals surface area contributed by atoms with E-state index in [0.717, 1.165) is 6.07 Å². The summed E-state index contributed by atoms with van der Waals surface area (Å²) >= 11 is 5.47. The van der Waals surface area contributed by atoms with Crippen LogP contribution >= 0.6 is 11.6 Å². The Morgan fingerprint density at radius 3 is 2.32 bits per heavy atom. The molecule has 1 aromatic rings. The van der Waals surface area contributed by atoms with E-state index in [1.165, 1.54) is 0 Å². The van der Waals surface area contributed by atoms with Crippen LogP contribution in [-0.4, -0.2) is 25.0 Å². The molecule has 106 valence electrons. The SMILES string of the molecule is CC(C)(C)NS(=O)(=O)c1cc(F)c(Cl)c(C(=O)O)c1. The van der Waals surface area contributed by atoms with Gasteiger partial charge in [0.15, 0.2) is 0 Å². The van der Waals surface area contributed by atoms with Crippen LogP contribution in [0.1, 0.15) is 31.1 Å². The fourth-order valence-electron chi connectivity index (χ4n) is 1.34. The van der Waals surface area contributed by atoms with Gasteiger partial charge < -0.3 is 5.11 Å². The highest BCUT2D eigenvalue weighted by atomic mass is 35.5. The molecule has 0 atom stereocenters. The van der Waals surface area contributed by atoms with Gasteiger partial charge in [-0.25, -0.2) is 22.3 Å². The summed E-state index contributed by atoms with van der Waals surface area (Å²) in [4.78, 5) is 10.4. The van der Waals surface area contributed by atoms with Crippen molar-refractivity contribution in [3.63, 3.8) is 0 Å². The smallest absolute Gasteiger partial charge is 0.337 e. The molecular formula is C11H13ClFNO4S. The molecule has 1 aromatic carbocycles. The lowest BCUT2D eigenvalue weighted by Crippen LogP contribution is -2.40. The maximum Gasteiger partial charge on any atom is 0.337 e. The second-order valence-electron chi connectivity index (χ2n) is 4.93. The lowest BCUT2D eigenvalue weighted by molar-refractivity contribution is 0.0696. The van der Waals surface area contributed by atoms with E-state index in [-0.39, 0.29) is 0 Å². The van der Waals surface area contributed by atoms with Crippen molar-refractivity contribution in [2.75, 3.05) is 0 Å². The summed E-state index contributed by atoms with van der Waals surface area (Å²) < 4.78 is 39.7. The van der Waals surface area contributed by atoms with Crippen LogP contribution in [0.4, 0.5) is 4.39 Å². The normalized spacial score (nSPS) is 12.5. The average molecular weight is 310 g/mol. The van der Waals surface area contributed by atoms with E-state index >= 15 is 0 Å². The largest absolute Gasteiger partial charge is 0.478 e. The number of hydrogen-bond acceptors (Lipinski definition) is 3. The lowest BCUT2D eigenvalue weighted by atomic mass is 10.1. The van der Waals surface area contributed by atoms with E-state index in [9.17, 15) is 17.6 Å². The van der Waals surface area contributed by atoms with Gasteiger partial charge in [0.25, 0.3) is 0 Å². The molecule has 8 heteroatoms. The van der Waals surface area contributed by atoms with Crippen molar-refractivity contribution in [2.45, 2.75) is 31.2 Å². The first kappa shape index (κ1) is 15.9. The predicted octanol–water partition coefficient (Wildman–Crippen LogP) is 2.25. The number of carbonyl (C=O) groups is 1. The lowest BCUT2D eigenvalue weighted by Gasteiger charge is -2.20. The quantitative estimate of drug-likeness (QED) is 0.897. The number of carboxylic acids is 1. The number of carboxylic acid groups (broad SMARTS) is 1. The first-order valence-electron chi connectivity index (χ1n) is 5.20. The Kier molecular flexibility index (Phi) is 4.23. The zero-order chi connectivity index (χ0) is 15.0. The van der Waals surface area contributed by atoms with Gasteiger partial charge in [0.05, 0.1) is 15.5 Å². The zero-order valence-corrected chi connectivity index (χ0v) is 12.1. The maximum atomic E-state index is 13.5. The minimum Gasteiger partial charge on any atom is -0.478 e. The van der Waals surface area contributed by atoms with Gasteiger partial charge in [0, 0.05) is 5.54 Å². The number of benzene rings is 1. The van der Waals surface area contributed by atoms with Crippen LogP contribution < -0.4 is 4.72 Å². The fourth-order valence-corrected chi connectivity index (χ4v) is 2.98. The highest BCUT2D eigenvalue weighted by Gasteiger charge is 2.25. The Hall–Kier alpha value is -1.18. The van der Waals surface area contributed by atoms with Gasteiger partial charge in [-0.1, -0.05) is 11.6 Å². The average Bonchev–Trinajstić information content (AvgIpc) is 2.17. The molecule has 0 spiro atoms. The van der Waals surface area contributed by atoms with Crippen molar-refractivity contribution < 1.29 is 22.7 Å². The Balaban J connectivity index is 3.41. The number of rotatable bonds is 3. The molecule has 0 amide bonds. The molecule has 0 saturated heterocycles. The monoisotopic (exact) mass is 309 g/mol. The summed E-state index contributed by atoms with van der Waals surface area (Å²) in [5.74, 6) is -2.60. The van der Waals surface area contributed by atoms with E-state index in [0.29, 0.717) is 6.07 Å². The van der Waals surface area contributed by atoms with Crippen molar-refractivity contribution >= 4 is 27.6 Å². The molecule has 0 aliphatic heterocycles. The number of hydrogen-bond donors (Lipinski definition) is 2. The summed E-state index contributed by atoms with van der Waals surface area (Å²) in [6.07, 6.45) is 0. The standard InChI is InChI=1S/C11H13ClFNO4S/c1-11(2,3)14-19(17,18)6-4-7(10(15)16)9(12)8(13)5-6/h4-5,14H,1-3H3,(H,15,16). The van der Waals surface area contributed by atoms with Crippen molar-refractivity contribution in [1.82, 2.24) is 4.72 Å². The molecule has 1 rings (SSSR count). The highest BCUT2D eigenvalue weighted by Crippen LogP contribution is 2.25. The molecule has 19 heavy (non-hydrogen) atoms. The molecule has 0 saturated carbocycles. The van der Waals surface area contributed by atoms with Crippen LogP contribution in [0.15, 0.2) is 17.0 Å². The van der Waals surface area contributed by atoms with E-state index < -0.39 is 42.8 Å². The van der Waals surface area contributed by atoms with Crippen LogP contribution in [0.3, 0.4) is 0 Å². The Labute approximate surface area is 115 Å². The minimum atomic E-state index is -4.03. The van der Waals surface area contributed by atoms with Crippen LogP contribution in [0.25, 0.3) is 0 Å². The highest BCUT2D eigenvalue weighted by molar-refractivity contribution is 7.89. The molecule has 0 heterocycles. The van der Waals surface area contributed by atoms with Crippen molar-refractivity contribution in [1.29, 1.82) is 0 Å². The molecule has 0 bridgehead atoms. The van der Waals surface area contributed by atoms with Crippen molar-refractivity contribution in [2.24, 2.45) is 0 Å². The summed E-state index contributed by atoms with van der Waals surface area (Å²) in [6.45, 7) is 4.82. The zero-order valence-electron chi connectivity index (χ0n) is 10.5.